The minimum absolute atomic E-state index is 0.0687. The van der Waals surface area contributed by atoms with Crippen LogP contribution in [0.25, 0.3) is 10.9 Å². The number of hydrogen-bond donors (Lipinski definition) is 2. The van der Waals surface area contributed by atoms with E-state index in [1.807, 2.05) is 43.3 Å². The van der Waals surface area contributed by atoms with E-state index in [0.29, 0.717) is 63.1 Å². The highest BCUT2D eigenvalue weighted by atomic mass is 19.1. The van der Waals surface area contributed by atoms with Gasteiger partial charge in [-0.25, -0.2) is 4.39 Å². The summed E-state index contributed by atoms with van der Waals surface area (Å²) in [7, 11) is 0. The van der Waals surface area contributed by atoms with Gasteiger partial charge in [0, 0.05) is 35.4 Å². The van der Waals surface area contributed by atoms with Crippen LogP contribution in [0, 0.1) is 70.9 Å². The average molecular weight is 677 g/mol. The third-order valence-corrected chi connectivity index (χ3v) is 14.2. The van der Waals surface area contributed by atoms with Crippen LogP contribution in [-0.4, -0.2) is 21.8 Å². The predicted octanol–water partition coefficient (Wildman–Crippen LogP) is 10.4. The molecule has 4 saturated carbocycles. The number of carboxylic acid groups (broad SMARTS) is 1. The van der Waals surface area contributed by atoms with Crippen LogP contribution in [0.4, 0.5) is 10.1 Å². The molecule has 8 unspecified atom stereocenters. The van der Waals surface area contributed by atoms with E-state index in [4.69, 9.17) is 0 Å². The number of benzene rings is 2. The van der Waals surface area contributed by atoms with Crippen molar-refractivity contribution in [3.8, 4) is 11.8 Å². The van der Waals surface area contributed by atoms with Crippen molar-refractivity contribution >= 4 is 28.3 Å². The molecule has 2 N–H and O–H groups in total. The molecule has 5 nitrogen and oxygen atoms in total. The average Bonchev–Trinajstić information content (AvgIpc) is 3.42. The maximum Gasteiger partial charge on any atom is 0.303 e. The largest absolute Gasteiger partial charge is 0.481 e. The van der Waals surface area contributed by atoms with Crippen molar-refractivity contribution in [1.82, 2.24) is 4.98 Å². The molecule has 0 saturated heterocycles. The van der Waals surface area contributed by atoms with E-state index >= 15 is 4.39 Å². The van der Waals surface area contributed by atoms with Crippen LogP contribution in [0.2, 0.25) is 0 Å². The number of Topliss-reactive ketones (excluding diaryl/α,β-unsaturated/α-hetero) is 1. The van der Waals surface area contributed by atoms with Gasteiger partial charge < -0.3 is 10.4 Å². The molecule has 1 aromatic heterocycles. The van der Waals surface area contributed by atoms with Gasteiger partial charge in [-0.2, -0.15) is 0 Å². The van der Waals surface area contributed by atoms with Crippen molar-refractivity contribution in [3.05, 3.63) is 70.7 Å². The fraction of sp³-hybridized carbons (Fsp3) is 0.568. The van der Waals surface area contributed by atoms with Crippen LogP contribution in [0.1, 0.15) is 125 Å². The lowest BCUT2D eigenvalue weighted by Crippen LogP contribution is -2.53. The normalized spacial score (nSPS) is 31.5. The first-order chi connectivity index (χ1) is 24.0. The molecule has 50 heavy (non-hydrogen) atoms. The fourth-order valence-corrected chi connectivity index (χ4v) is 11.6. The lowest BCUT2D eigenvalue weighted by Gasteiger charge is -2.61. The monoisotopic (exact) mass is 676 g/mol. The number of aromatic nitrogens is 1. The Hall–Kier alpha value is -3.72. The van der Waals surface area contributed by atoms with Gasteiger partial charge in [0.15, 0.2) is 5.78 Å². The summed E-state index contributed by atoms with van der Waals surface area (Å²) in [6, 6.07) is 13.0. The third kappa shape index (κ3) is 6.35. The van der Waals surface area contributed by atoms with Crippen LogP contribution in [0.5, 0.6) is 0 Å². The highest BCUT2D eigenvalue weighted by Gasteiger charge is 2.59. The topological polar surface area (TPSA) is 79.3 Å². The number of ketones is 1. The number of carboxylic acids is 1. The Bertz CT molecular complexity index is 1860. The molecule has 8 atom stereocenters. The van der Waals surface area contributed by atoms with E-state index in [2.05, 4.69) is 36.0 Å². The molecule has 0 amide bonds. The number of carbonyl (C=O) groups excluding carboxylic acids is 1. The molecule has 1 heterocycles. The Kier molecular flexibility index (Phi) is 9.56. The maximum absolute atomic E-state index is 15.4. The summed E-state index contributed by atoms with van der Waals surface area (Å²) in [5, 5.41) is 13.4. The zero-order valence-electron chi connectivity index (χ0n) is 30.3. The van der Waals surface area contributed by atoms with Crippen molar-refractivity contribution in [1.29, 1.82) is 0 Å². The highest BCUT2D eigenvalue weighted by Crippen LogP contribution is 2.68. The van der Waals surface area contributed by atoms with Crippen LogP contribution in [0.15, 0.2) is 42.5 Å². The number of halogens is 1. The van der Waals surface area contributed by atoms with Gasteiger partial charge >= 0.3 is 5.97 Å². The quantitative estimate of drug-likeness (QED) is 0.183. The number of nitrogens with zero attached hydrogens (tertiary/aromatic N) is 1. The summed E-state index contributed by atoms with van der Waals surface area (Å²) in [5.74, 6) is 10.0. The van der Waals surface area contributed by atoms with Gasteiger partial charge in [0.2, 0.25) is 0 Å². The molecule has 7 rings (SSSR count). The number of aryl methyl sites for hydroxylation is 1. The minimum atomic E-state index is -0.662. The molecule has 0 spiro atoms. The van der Waals surface area contributed by atoms with Crippen molar-refractivity contribution < 1.29 is 19.1 Å². The number of rotatable bonds is 8. The number of pyridine rings is 1. The molecule has 4 fully saturated rings. The zero-order chi connectivity index (χ0) is 35.2. The zero-order valence-corrected chi connectivity index (χ0v) is 30.3. The van der Waals surface area contributed by atoms with Crippen LogP contribution >= 0.6 is 0 Å². The van der Waals surface area contributed by atoms with Crippen molar-refractivity contribution in [3.63, 3.8) is 0 Å². The van der Waals surface area contributed by atoms with Crippen LogP contribution < -0.4 is 5.32 Å². The third-order valence-electron chi connectivity index (χ3n) is 14.2. The number of anilines is 1. The second-order valence-corrected chi connectivity index (χ2v) is 16.7. The standard InChI is InChI=1S/C44H53FN2O3/c1-27-41(28(2)48)42(35-9-5-6-10-39(35)47-27)46-26-31-15-14-29(25-38(31)45)12-13-30-20-22-44(4)33(24-30)16-18-34-36-19-17-32(8-7-11-40(49)50)43(36,3)23-21-37(34)44/h5-6,9-10,14-15,25,30,32-34,36-37H,7-8,11,16-24,26H2,1-4H3,(H,46,47)(H,49,50). The highest BCUT2D eigenvalue weighted by molar-refractivity contribution is 6.08. The van der Waals surface area contributed by atoms with Gasteiger partial charge in [0.05, 0.1) is 22.5 Å². The second-order valence-electron chi connectivity index (χ2n) is 16.7. The number of aliphatic carboxylic acids is 1. The number of para-hydroxylation sites is 1. The summed E-state index contributed by atoms with van der Waals surface area (Å²) < 4.78 is 15.4. The van der Waals surface area contributed by atoms with E-state index in [1.54, 1.807) is 13.0 Å². The minimum Gasteiger partial charge on any atom is -0.481 e. The number of nitrogens with one attached hydrogen (secondary N) is 1. The van der Waals surface area contributed by atoms with Gasteiger partial charge in [-0.1, -0.05) is 50.0 Å². The van der Waals surface area contributed by atoms with Gasteiger partial charge in [-0.3, -0.25) is 14.6 Å². The lowest BCUT2D eigenvalue weighted by atomic mass is 9.44. The van der Waals surface area contributed by atoms with E-state index in [-0.39, 0.29) is 18.1 Å². The Morgan fingerprint density at radius 1 is 1.00 bits per heavy atom. The van der Waals surface area contributed by atoms with Gasteiger partial charge in [-0.15, -0.1) is 0 Å². The maximum atomic E-state index is 15.4. The number of fused-ring (bicyclic) bond motifs is 6. The first-order valence-corrected chi connectivity index (χ1v) is 19.1. The Balaban J connectivity index is 0.988. The molecule has 0 radical (unpaired) electrons. The van der Waals surface area contributed by atoms with Crippen LogP contribution in [0.3, 0.4) is 0 Å². The molecule has 3 aromatic rings. The van der Waals surface area contributed by atoms with E-state index in [0.717, 1.165) is 54.3 Å². The van der Waals surface area contributed by atoms with Gasteiger partial charge in [0.25, 0.3) is 0 Å². The first kappa shape index (κ1) is 34.7. The van der Waals surface area contributed by atoms with Crippen molar-refractivity contribution in [2.75, 3.05) is 5.32 Å². The molecule has 0 aliphatic heterocycles. The SMILES string of the molecule is CC(=O)c1c(C)nc2ccccc2c1NCc1ccc(C#CC2CCC3(C)C(CCC4C5CCC(CCCC(=O)O)C5(C)CCC43)C2)cc1F. The van der Waals surface area contributed by atoms with Crippen molar-refractivity contribution in [2.24, 2.45) is 46.3 Å². The smallest absolute Gasteiger partial charge is 0.303 e. The second kappa shape index (κ2) is 13.8. The fourth-order valence-electron chi connectivity index (χ4n) is 11.6. The Labute approximate surface area is 297 Å². The molecule has 264 valence electrons. The molecular formula is C44H53FN2O3. The molecular weight excluding hydrogens is 623 g/mol. The summed E-state index contributed by atoms with van der Waals surface area (Å²) in [6.45, 7) is 8.78. The summed E-state index contributed by atoms with van der Waals surface area (Å²) in [5.41, 5.74) is 4.72. The van der Waals surface area contributed by atoms with E-state index in [9.17, 15) is 14.7 Å². The lowest BCUT2D eigenvalue weighted by molar-refractivity contribution is -0.137. The predicted molar refractivity (Wildman–Crippen MR) is 197 cm³/mol. The van der Waals surface area contributed by atoms with E-state index < -0.39 is 5.97 Å². The molecule has 4 aliphatic rings. The molecule has 0 bridgehead atoms. The Morgan fingerprint density at radius 2 is 1.78 bits per heavy atom. The summed E-state index contributed by atoms with van der Waals surface area (Å²) in [6.07, 6.45) is 13.5. The Morgan fingerprint density at radius 3 is 2.56 bits per heavy atom. The summed E-state index contributed by atoms with van der Waals surface area (Å²) in [4.78, 5) is 28.3. The van der Waals surface area contributed by atoms with E-state index in [1.165, 1.54) is 44.9 Å². The van der Waals surface area contributed by atoms with Gasteiger partial charge in [-0.05, 0) is 143 Å². The van der Waals surface area contributed by atoms with Crippen LogP contribution in [-0.2, 0) is 11.3 Å². The van der Waals surface area contributed by atoms with Crippen molar-refractivity contribution in [2.45, 2.75) is 111 Å². The first-order valence-electron chi connectivity index (χ1n) is 19.1. The molecule has 2 aromatic carbocycles. The molecule has 6 heteroatoms. The molecule has 4 aliphatic carbocycles. The van der Waals surface area contributed by atoms with Gasteiger partial charge in [0.1, 0.15) is 5.82 Å². The summed E-state index contributed by atoms with van der Waals surface area (Å²) >= 11 is 0. The number of carbonyl (C=O) groups is 2. The number of hydrogen-bond acceptors (Lipinski definition) is 4.